The lowest BCUT2D eigenvalue weighted by Crippen LogP contribution is -2.23. The van der Waals surface area contributed by atoms with E-state index in [-0.39, 0.29) is 22.2 Å². The average molecular weight is 414 g/mol. The van der Waals surface area contributed by atoms with Crippen LogP contribution in [0.25, 0.3) is 5.69 Å². The Balaban J connectivity index is 1.70. The lowest BCUT2D eigenvalue weighted by Gasteiger charge is -2.09. The Morgan fingerprint density at radius 3 is 2.59 bits per heavy atom. The van der Waals surface area contributed by atoms with Crippen LogP contribution >= 0.6 is 11.6 Å². The monoisotopic (exact) mass is 413 g/mol. The van der Waals surface area contributed by atoms with E-state index in [0.717, 1.165) is 23.9 Å². The minimum atomic E-state index is -3.90. The zero-order valence-electron chi connectivity index (χ0n) is 13.7. The number of benzene rings is 2. The van der Waals surface area contributed by atoms with Crippen LogP contribution in [0.5, 0.6) is 5.75 Å². The van der Waals surface area contributed by atoms with E-state index in [4.69, 9.17) is 11.6 Å². The van der Waals surface area contributed by atoms with Crippen molar-refractivity contribution in [1.82, 2.24) is 14.5 Å². The van der Waals surface area contributed by atoms with Gasteiger partial charge in [-0.15, -0.1) is 0 Å². The Bertz CT molecular complexity index is 1030. The third kappa shape index (κ3) is 4.82. The van der Waals surface area contributed by atoms with Crippen molar-refractivity contribution in [3.8, 4) is 11.4 Å². The van der Waals surface area contributed by atoms with Gasteiger partial charge in [-0.1, -0.05) is 29.8 Å². The summed E-state index contributed by atoms with van der Waals surface area (Å²) in [6, 6.07) is 12.6. The van der Waals surface area contributed by atoms with E-state index in [0.29, 0.717) is 5.56 Å². The van der Waals surface area contributed by atoms with E-state index in [1.165, 1.54) is 0 Å². The Hall–Kier alpha value is -2.49. The summed E-state index contributed by atoms with van der Waals surface area (Å²) in [6.45, 7) is -3.05. The molecule has 2 aromatic carbocycles. The second-order valence-corrected chi connectivity index (χ2v) is 7.60. The van der Waals surface area contributed by atoms with Crippen LogP contribution in [0.15, 0.2) is 65.8 Å². The van der Waals surface area contributed by atoms with E-state index in [1.807, 2.05) is 30.3 Å². The van der Waals surface area contributed by atoms with Gasteiger partial charge in [0.15, 0.2) is 0 Å². The van der Waals surface area contributed by atoms with Crippen molar-refractivity contribution in [3.63, 3.8) is 0 Å². The Morgan fingerprint density at radius 1 is 1.19 bits per heavy atom. The normalized spacial score (nSPS) is 11.7. The Labute approximate surface area is 159 Å². The molecule has 0 spiro atoms. The molecule has 6 nitrogen and oxygen atoms in total. The number of halogens is 3. The van der Waals surface area contributed by atoms with Crippen LogP contribution in [0.1, 0.15) is 5.56 Å². The summed E-state index contributed by atoms with van der Waals surface area (Å²) >= 11 is 5.80. The zero-order chi connectivity index (χ0) is 19.4. The van der Waals surface area contributed by atoms with Crippen LogP contribution < -0.4 is 9.46 Å². The maximum atomic E-state index is 12.4. The first kappa shape index (κ1) is 19.3. The fraction of sp³-hybridized carbons (Fsp3) is 0.118. The number of rotatable bonds is 7. The maximum Gasteiger partial charge on any atom is 0.387 e. The molecule has 0 saturated carbocycles. The second-order valence-electron chi connectivity index (χ2n) is 5.42. The number of aromatic nitrogens is 2. The predicted octanol–water partition coefficient (Wildman–Crippen LogP) is 3.61. The summed E-state index contributed by atoms with van der Waals surface area (Å²) in [5.41, 5.74) is 1.49. The van der Waals surface area contributed by atoms with E-state index in [1.54, 1.807) is 17.1 Å². The van der Waals surface area contributed by atoms with E-state index in [9.17, 15) is 17.2 Å². The topological polar surface area (TPSA) is 73.2 Å². The average Bonchev–Trinajstić information content (AvgIpc) is 3.11. The van der Waals surface area contributed by atoms with Crippen molar-refractivity contribution in [3.05, 3.63) is 71.5 Å². The van der Waals surface area contributed by atoms with Gasteiger partial charge in [-0.05, 0) is 30.3 Å². The van der Waals surface area contributed by atoms with Crippen molar-refractivity contribution in [1.29, 1.82) is 0 Å². The first-order valence-electron chi connectivity index (χ1n) is 7.68. The van der Waals surface area contributed by atoms with Crippen molar-refractivity contribution in [2.24, 2.45) is 0 Å². The molecule has 0 unspecified atom stereocenters. The molecule has 0 aliphatic carbocycles. The number of hydrogen-bond acceptors (Lipinski definition) is 4. The van der Waals surface area contributed by atoms with E-state index >= 15 is 0 Å². The van der Waals surface area contributed by atoms with Gasteiger partial charge >= 0.3 is 6.61 Å². The van der Waals surface area contributed by atoms with Crippen LogP contribution in [-0.2, 0) is 16.6 Å². The molecule has 0 radical (unpaired) electrons. The number of alkyl halides is 2. The van der Waals surface area contributed by atoms with Gasteiger partial charge < -0.3 is 4.74 Å². The fourth-order valence-corrected chi connectivity index (χ4v) is 3.61. The molecule has 1 aromatic heterocycles. The smallest absolute Gasteiger partial charge is 0.387 e. The molecule has 1 heterocycles. The molecule has 1 N–H and O–H groups in total. The quantitative estimate of drug-likeness (QED) is 0.642. The summed E-state index contributed by atoms with van der Waals surface area (Å²) in [7, 11) is -3.90. The molecule has 142 valence electrons. The largest absolute Gasteiger partial charge is 0.433 e. The Morgan fingerprint density at radius 2 is 1.93 bits per heavy atom. The van der Waals surface area contributed by atoms with Gasteiger partial charge in [-0.2, -0.15) is 13.9 Å². The predicted molar refractivity (Wildman–Crippen MR) is 95.7 cm³/mol. The van der Waals surface area contributed by atoms with Crippen molar-refractivity contribution >= 4 is 21.6 Å². The van der Waals surface area contributed by atoms with Gasteiger partial charge in [0.2, 0.25) is 10.0 Å². The van der Waals surface area contributed by atoms with Crippen molar-refractivity contribution in [2.75, 3.05) is 0 Å². The molecule has 3 aromatic rings. The minimum absolute atomic E-state index is 0.00206. The molecule has 0 atom stereocenters. The first-order chi connectivity index (χ1) is 12.8. The Kier molecular flexibility index (Phi) is 5.73. The van der Waals surface area contributed by atoms with Gasteiger partial charge in [0, 0.05) is 18.3 Å². The molecule has 0 aliphatic heterocycles. The van der Waals surface area contributed by atoms with Crippen LogP contribution in [-0.4, -0.2) is 24.8 Å². The maximum absolute atomic E-state index is 12.4. The van der Waals surface area contributed by atoms with Crippen LogP contribution in [0.4, 0.5) is 8.78 Å². The lowest BCUT2D eigenvalue weighted by molar-refractivity contribution is -0.0498. The highest BCUT2D eigenvalue weighted by Gasteiger charge is 2.17. The van der Waals surface area contributed by atoms with Crippen LogP contribution in [0, 0.1) is 0 Å². The van der Waals surface area contributed by atoms with Crippen LogP contribution in [0.2, 0.25) is 5.02 Å². The van der Waals surface area contributed by atoms with Crippen molar-refractivity contribution in [2.45, 2.75) is 18.1 Å². The SMILES string of the molecule is O=S(=O)(NCc1cnn(-c2ccccc2)c1)c1ccc(OC(F)F)c(Cl)c1. The standard InChI is InChI=1S/C17H14ClF2N3O3S/c18-15-8-14(6-7-16(15)26-17(19)20)27(24,25)22-10-12-9-21-23(11-12)13-4-2-1-3-5-13/h1-9,11,17,22H,10H2. The summed E-state index contributed by atoms with van der Waals surface area (Å²) in [5.74, 6) is -0.297. The molecule has 0 amide bonds. The summed E-state index contributed by atoms with van der Waals surface area (Å²) in [6.07, 6.45) is 3.24. The summed E-state index contributed by atoms with van der Waals surface area (Å²) in [5, 5.41) is 3.96. The van der Waals surface area contributed by atoms with Crippen LogP contribution in [0.3, 0.4) is 0 Å². The molecule has 0 fully saturated rings. The highest BCUT2D eigenvalue weighted by atomic mass is 35.5. The molecule has 0 aliphatic rings. The lowest BCUT2D eigenvalue weighted by atomic mass is 10.3. The number of hydrogen-bond donors (Lipinski definition) is 1. The molecular weight excluding hydrogens is 400 g/mol. The number of ether oxygens (including phenoxy) is 1. The number of nitrogens with one attached hydrogen (secondary N) is 1. The van der Waals surface area contributed by atoms with Crippen molar-refractivity contribution < 1.29 is 21.9 Å². The molecule has 0 bridgehead atoms. The number of para-hydroxylation sites is 1. The molecule has 0 saturated heterocycles. The third-order valence-corrected chi connectivity index (χ3v) is 5.25. The van der Waals surface area contributed by atoms with Gasteiger partial charge in [0.05, 0.1) is 21.8 Å². The minimum Gasteiger partial charge on any atom is -0.433 e. The highest BCUT2D eigenvalue weighted by Crippen LogP contribution is 2.28. The highest BCUT2D eigenvalue weighted by molar-refractivity contribution is 7.89. The third-order valence-electron chi connectivity index (χ3n) is 3.55. The van der Waals surface area contributed by atoms with Gasteiger partial charge in [0.25, 0.3) is 0 Å². The van der Waals surface area contributed by atoms with Gasteiger partial charge in [0.1, 0.15) is 5.75 Å². The second kappa shape index (κ2) is 8.03. The van der Waals surface area contributed by atoms with Gasteiger partial charge in [-0.3, -0.25) is 0 Å². The number of nitrogens with zero attached hydrogens (tertiary/aromatic N) is 2. The number of sulfonamides is 1. The molecule has 10 heteroatoms. The summed E-state index contributed by atoms with van der Waals surface area (Å²) < 4.78 is 57.5. The van der Waals surface area contributed by atoms with E-state index in [2.05, 4.69) is 14.6 Å². The molecule has 27 heavy (non-hydrogen) atoms. The molecule has 3 rings (SSSR count). The molecular formula is C17H14ClF2N3O3S. The first-order valence-corrected chi connectivity index (χ1v) is 9.54. The van der Waals surface area contributed by atoms with Gasteiger partial charge in [-0.25, -0.2) is 17.8 Å². The fourth-order valence-electron chi connectivity index (χ4n) is 2.28. The van der Waals surface area contributed by atoms with E-state index < -0.39 is 16.6 Å². The summed E-state index contributed by atoms with van der Waals surface area (Å²) in [4.78, 5) is -0.162. The zero-order valence-corrected chi connectivity index (χ0v) is 15.3.